The molecule has 1 saturated heterocycles. The topological polar surface area (TPSA) is 59.6 Å². The number of nitrogens with one attached hydrogen (secondary N) is 1. The monoisotopic (exact) mass is 407 g/mol. The number of nitrogens with zero attached hydrogens (tertiary/aromatic N) is 2. The van der Waals surface area contributed by atoms with E-state index in [2.05, 4.69) is 51.5 Å². The number of hydrogen-bond donors (Lipinski definition) is 1. The van der Waals surface area contributed by atoms with Crippen LogP contribution in [0.4, 0.5) is 0 Å². The molecule has 0 amide bonds. The van der Waals surface area contributed by atoms with Crippen molar-refractivity contribution in [2.24, 2.45) is 0 Å². The molecule has 2 aromatic carbocycles. The van der Waals surface area contributed by atoms with Gasteiger partial charge in [-0.15, -0.1) is 0 Å². The van der Waals surface area contributed by atoms with Crippen LogP contribution in [0, 0.1) is 0 Å². The van der Waals surface area contributed by atoms with E-state index in [-0.39, 0.29) is 6.10 Å². The Hall–Kier alpha value is -2.83. The maximum atomic E-state index is 5.99. The summed E-state index contributed by atoms with van der Waals surface area (Å²) in [7, 11) is 1.66. The summed E-state index contributed by atoms with van der Waals surface area (Å²) in [6.45, 7) is 4.21. The summed E-state index contributed by atoms with van der Waals surface area (Å²) >= 11 is 0. The zero-order valence-electron chi connectivity index (χ0n) is 17.4. The highest BCUT2D eigenvalue weighted by molar-refractivity contribution is 5.31. The molecule has 6 nitrogen and oxygen atoms in total. The van der Waals surface area contributed by atoms with Crippen LogP contribution < -0.4 is 9.47 Å². The molecule has 0 aliphatic carbocycles. The summed E-state index contributed by atoms with van der Waals surface area (Å²) in [6, 6.07) is 20.4. The van der Waals surface area contributed by atoms with Gasteiger partial charge < -0.3 is 14.2 Å². The lowest BCUT2D eigenvalue weighted by Crippen LogP contribution is -2.39. The van der Waals surface area contributed by atoms with E-state index in [0.717, 1.165) is 62.0 Å². The molecule has 6 heteroatoms. The quantitative estimate of drug-likeness (QED) is 0.587. The van der Waals surface area contributed by atoms with E-state index in [4.69, 9.17) is 14.2 Å². The highest BCUT2D eigenvalue weighted by Crippen LogP contribution is 2.22. The Morgan fingerprint density at radius 2 is 1.87 bits per heavy atom. The Bertz CT molecular complexity index is 896. The van der Waals surface area contributed by atoms with E-state index in [1.165, 1.54) is 5.56 Å². The first-order valence-electron chi connectivity index (χ1n) is 10.5. The van der Waals surface area contributed by atoms with Crippen molar-refractivity contribution in [2.75, 3.05) is 40.0 Å². The average Bonchev–Trinajstić information content (AvgIpc) is 3.28. The molecule has 1 N–H and O–H groups in total. The fourth-order valence-corrected chi connectivity index (χ4v) is 3.64. The van der Waals surface area contributed by atoms with Gasteiger partial charge in [0.25, 0.3) is 0 Å². The molecular weight excluding hydrogens is 378 g/mol. The molecular formula is C24H29N3O3. The lowest BCUT2D eigenvalue weighted by molar-refractivity contribution is -0.0316. The third-order valence-corrected chi connectivity index (χ3v) is 5.39. The first-order valence-corrected chi connectivity index (χ1v) is 10.5. The second-order valence-electron chi connectivity index (χ2n) is 7.49. The van der Waals surface area contributed by atoms with Crippen LogP contribution in [-0.4, -0.2) is 55.1 Å². The maximum Gasteiger partial charge on any atom is 0.119 e. The molecule has 1 aliphatic heterocycles. The highest BCUT2D eigenvalue weighted by atomic mass is 16.5. The number of benzene rings is 2. The second-order valence-corrected chi connectivity index (χ2v) is 7.49. The molecule has 1 unspecified atom stereocenters. The number of aromatic nitrogens is 2. The maximum absolute atomic E-state index is 5.99. The van der Waals surface area contributed by atoms with Crippen LogP contribution in [0.25, 0.3) is 0 Å². The van der Waals surface area contributed by atoms with E-state index in [1.54, 1.807) is 7.11 Å². The Balaban J connectivity index is 1.24. The molecule has 1 fully saturated rings. The molecule has 4 rings (SSSR count). The van der Waals surface area contributed by atoms with Gasteiger partial charge in [0.2, 0.25) is 0 Å². The van der Waals surface area contributed by atoms with Gasteiger partial charge in [0.15, 0.2) is 0 Å². The third-order valence-electron chi connectivity index (χ3n) is 5.39. The molecule has 1 aromatic heterocycles. The molecule has 0 spiro atoms. The fourth-order valence-electron chi connectivity index (χ4n) is 3.64. The standard InChI is InChI=1S/C24H29N3O3/c1-28-21-7-9-22(10-8-21)29-15-12-20-17-23(26-25-20)24-18-27(14-16-30-24)13-11-19-5-3-2-4-6-19/h2-10,17,24H,11-16,18H2,1H3,(H,25,26). The number of hydrogen-bond acceptors (Lipinski definition) is 5. The average molecular weight is 408 g/mol. The van der Waals surface area contributed by atoms with Gasteiger partial charge in [0.1, 0.15) is 17.6 Å². The normalized spacial score (nSPS) is 17.0. The van der Waals surface area contributed by atoms with Crippen molar-refractivity contribution in [3.63, 3.8) is 0 Å². The summed E-state index contributed by atoms with van der Waals surface area (Å²) < 4.78 is 17.0. The summed E-state index contributed by atoms with van der Waals surface area (Å²) in [5, 5.41) is 7.62. The number of methoxy groups -OCH3 is 1. The van der Waals surface area contributed by atoms with Crippen LogP contribution in [0.5, 0.6) is 11.5 Å². The minimum Gasteiger partial charge on any atom is -0.497 e. The predicted octanol–water partition coefficient (Wildman–Crippen LogP) is 3.66. The number of morpholine rings is 1. The number of ether oxygens (including phenoxy) is 3. The molecule has 0 bridgehead atoms. The Kier molecular flexibility index (Phi) is 7.00. The van der Waals surface area contributed by atoms with Crippen molar-refractivity contribution in [1.29, 1.82) is 0 Å². The van der Waals surface area contributed by atoms with E-state index < -0.39 is 0 Å². The van der Waals surface area contributed by atoms with Crippen LogP contribution >= 0.6 is 0 Å². The first kappa shape index (κ1) is 20.4. The zero-order chi connectivity index (χ0) is 20.6. The number of rotatable bonds is 9. The van der Waals surface area contributed by atoms with Gasteiger partial charge in [-0.1, -0.05) is 30.3 Å². The summed E-state index contributed by atoms with van der Waals surface area (Å²) in [6.07, 6.45) is 1.84. The van der Waals surface area contributed by atoms with Crippen molar-refractivity contribution in [3.05, 3.63) is 77.6 Å². The van der Waals surface area contributed by atoms with Gasteiger partial charge in [0.05, 0.1) is 26.0 Å². The summed E-state index contributed by atoms with van der Waals surface area (Å²) in [4.78, 5) is 2.46. The molecule has 1 atom stereocenters. The van der Waals surface area contributed by atoms with E-state index >= 15 is 0 Å². The van der Waals surface area contributed by atoms with Gasteiger partial charge in [-0.3, -0.25) is 10.00 Å². The number of H-pyrrole nitrogens is 1. The van der Waals surface area contributed by atoms with Gasteiger partial charge >= 0.3 is 0 Å². The van der Waals surface area contributed by atoms with E-state index in [1.807, 2.05) is 24.3 Å². The van der Waals surface area contributed by atoms with Crippen LogP contribution in [0.1, 0.15) is 23.1 Å². The molecule has 1 aliphatic rings. The molecule has 2 heterocycles. The van der Waals surface area contributed by atoms with Crippen LogP contribution in [-0.2, 0) is 17.6 Å². The zero-order valence-corrected chi connectivity index (χ0v) is 17.4. The minimum absolute atomic E-state index is 0.0158. The van der Waals surface area contributed by atoms with Crippen molar-refractivity contribution in [3.8, 4) is 11.5 Å². The molecule has 0 radical (unpaired) electrons. The largest absolute Gasteiger partial charge is 0.497 e. The predicted molar refractivity (Wildman–Crippen MR) is 116 cm³/mol. The van der Waals surface area contributed by atoms with Crippen LogP contribution in [0.15, 0.2) is 60.7 Å². The first-order chi connectivity index (χ1) is 14.8. The van der Waals surface area contributed by atoms with Crippen molar-refractivity contribution in [2.45, 2.75) is 18.9 Å². The van der Waals surface area contributed by atoms with Gasteiger partial charge in [-0.05, 0) is 42.3 Å². The van der Waals surface area contributed by atoms with Gasteiger partial charge in [-0.25, -0.2) is 0 Å². The SMILES string of the molecule is COc1ccc(OCCc2cc(C3CN(CCc4ccccc4)CCO3)n[nH]2)cc1. The van der Waals surface area contributed by atoms with Crippen molar-refractivity contribution >= 4 is 0 Å². The Labute approximate surface area is 177 Å². The second kappa shape index (κ2) is 10.3. The molecule has 3 aromatic rings. The molecule has 30 heavy (non-hydrogen) atoms. The number of aromatic amines is 1. The Morgan fingerprint density at radius 3 is 2.67 bits per heavy atom. The van der Waals surface area contributed by atoms with Crippen LogP contribution in [0.3, 0.4) is 0 Å². The third kappa shape index (κ3) is 5.62. The van der Waals surface area contributed by atoms with Crippen molar-refractivity contribution < 1.29 is 14.2 Å². The summed E-state index contributed by atoms with van der Waals surface area (Å²) in [5.41, 5.74) is 3.40. The van der Waals surface area contributed by atoms with E-state index in [0.29, 0.717) is 6.61 Å². The molecule has 0 saturated carbocycles. The van der Waals surface area contributed by atoms with Gasteiger partial charge in [-0.2, -0.15) is 5.10 Å². The lowest BCUT2D eigenvalue weighted by atomic mass is 10.1. The van der Waals surface area contributed by atoms with Crippen LogP contribution in [0.2, 0.25) is 0 Å². The Morgan fingerprint density at radius 1 is 1.07 bits per heavy atom. The highest BCUT2D eigenvalue weighted by Gasteiger charge is 2.23. The summed E-state index contributed by atoms with van der Waals surface area (Å²) in [5.74, 6) is 1.66. The molecule has 158 valence electrons. The van der Waals surface area contributed by atoms with E-state index in [9.17, 15) is 0 Å². The van der Waals surface area contributed by atoms with Crippen molar-refractivity contribution in [1.82, 2.24) is 15.1 Å². The fraction of sp³-hybridized carbons (Fsp3) is 0.375. The smallest absolute Gasteiger partial charge is 0.119 e. The minimum atomic E-state index is 0.0158. The lowest BCUT2D eigenvalue weighted by Gasteiger charge is -2.32. The van der Waals surface area contributed by atoms with Gasteiger partial charge in [0, 0.05) is 31.7 Å².